The maximum absolute atomic E-state index is 13.5. The van der Waals surface area contributed by atoms with Crippen LogP contribution in [0.2, 0.25) is 0 Å². The number of esters is 1. The zero-order chi connectivity index (χ0) is 21.2. The van der Waals surface area contributed by atoms with Crippen LogP contribution in [0.15, 0.2) is 24.3 Å². The summed E-state index contributed by atoms with van der Waals surface area (Å²) in [6, 6.07) is 7.10. The van der Waals surface area contributed by atoms with Crippen molar-refractivity contribution in [1.29, 1.82) is 0 Å². The van der Waals surface area contributed by atoms with Crippen LogP contribution in [-0.2, 0) is 32.0 Å². The first kappa shape index (κ1) is 21.1. The van der Waals surface area contributed by atoms with Crippen molar-refractivity contribution in [2.24, 2.45) is 0 Å². The molecule has 1 fully saturated rings. The number of likely N-dealkylation sites (tertiary alicyclic amines) is 1. The first-order valence-electron chi connectivity index (χ1n) is 10.1. The molecule has 2 heterocycles. The number of hydrogen-bond donors (Lipinski definition) is 0. The predicted octanol–water partition coefficient (Wildman–Crippen LogP) is 2.90. The van der Waals surface area contributed by atoms with E-state index in [1.807, 2.05) is 45.0 Å². The molecule has 7 heteroatoms. The van der Waals surface area contributed by atoms with Gasteiger partial charge in [0.2, 0.25) is 5.91 Å². The zero-order valence-corrected chi connectivity index (χ0v) is 17.6. The van der Waals surface area contributed by atoms with Crippen LogP contribution in [0.5, 0.6) is 0 Å². The molecule has 7 nitrogen and oxygen atoms in total. The lowest BCUT2D eigenvalue weighted by Gasteiger charge is -2.39. The van der Waals surface area contributed by atoms with Gasteiger partial charge in [-0.25, -0.2) is 4.79 Å². The van der Waals surface area contributed by atoms with Crippen LogP contribution in [0.25, 0.3) is 0 Å². The molecule has 2 atom stereocenters. The number of fused-ring (bicyclic) bond motifs is 1. The molecule has 0 aromatic heterocycles. The molecule has 29 heavy (non-hydrogen) atoms. The lowest BCUT2D eigenvalue weighted by atomic mass is 9.91. The molecule has 2 amide bonds. The predicted molar refractivity (Wildman–Crippen MR) is 107 cm³/mol. The van der Waals surface area contributed by atoms with Gasteiger partial charge in [-0.3, -0.25) is 14.5 Å². The first-order valence-corrected chi connectivity index (χ1v) is 10.1. The molecule has 0 N–H and O–H groups in total. The molecule has 3 rings (SSSR count). The Balaban J connectivity index is 1.82. The number of hydrogen-bond acceptors (Lipinski definition) is 5. The van der Waals surface area contributed by atoms with Crippen LogP contribution >= 0.6 is 0 Å². The van der Waals surface area contributed by atoms with Crippen LogP contribution in [0.1, 0.15) is 51.2 Å². The van der Waals surface area contributed by atoms with Crippen LogP contribution in [0.4, 0.5) is 4.79 Å². The summed E-state index contributed by atoms with van der Waals surface area (Å²) in [6.45, 7) is 6.36. The van der Waals surface area contributed by atoms with Gasteiger partial charge in [0, 0.05) is 19.1 Å². The Hall–Kier alpha value is -2.57. The summed E-state index contributed by atoms with van der Waals surface area (Å²) in [5, 5.41) is 0. The summed E-state index contributed by atoms with van der Waals surface area (Å²) in [5.41, 5.74) is 1.59. The molecule has 2 aliphatic heterocycles. The van der Waals surface area contributed by atoms with Gasteiger partial charge < -0.3 is 14.4 Å². The number of benzene rings is 1. The van der Waals surface area contributed by atoms with E-state index in [9.17, 15) is 14.4 Å². The van der Waals surface area contributed by atoms with Crippen molar-refractivity contribution in [3.63, 3.8) is 0 Å². The van der Waals surface area contributed by atoms with Gasteiger partial charge in [-0.05, 0) is 51.2 Å². The van der Waals surface area contributed by atoms with E-state index in [1.165, 1.54) is 12.0 Å². The minimum Gasteiger partial charge on any atom is -0.469 e. The fourth-order valence-corrected chi connectivity index (χ4v) is 4.06. The van der Waals surface area contributed by atoms with Crippen LogP contribution in [0.3, 0.4) is 0 Å². The summed E-state index contributed by atoms with van der Waals surface area (Å²) < 4.78 is 10.3. The quantitative estimate of drug-likeness (QED) is 0.727. The van der Waals surface area contributed by atoms with Gasteiger partial charge in [0.1, 0.15) is 11.6 Å². The van der Waals surface area contributed by atoms with Gasteiger partial charge in [0.15, 0.2) is 0 Å². The van der Waals surface area contributed by atoms with Gasteiger partial charge in [-0.15, -0.1) is 0 Å². The van der Waals surface area contributed by atoms with E-state index in [2.05, 4.69) is 0 Å². The molecule has 1 aromatic carbocycles. The van der Waals surface area contributed by atoms with Gasteiger partial charge in [0.25, 0.3) is 0 Å². The van der Waals surface area contributed by atoms with E-state index < -0.39 is 17.7 Å². The lowest BCUT2D eigenvalue weighted by molar-refractivity contribution is -0.146. The molecule has 2 aliphatic rings. The third kappa shape index (κ3) is 4.89. The normalized spacial score (nSPS) is 21.5. The molecular weight excluding hydrogens is 372 g/mol. The standard InChI is InChI=1S/C22H30N2O5/c1-22(2,3)29-21(27)23-11-7-10-18(23)20(26)24-14-16-9-6-5-8-15(16)12-17(24)13-19(25)28-4/h5-6,8-9,17-18H,7,10-14H2,1-4H3/t17-,18-/m1/s1. The van der Waals surface area contributed by atoms with Crippen molar-refractivity contribution >= 4 is 18.0 Å². The van der Waals surface area contributed by atoms with Crippen molar-refractivity contribution in [2.45, 2.75) is 70.7 Å². The third-order valence-electron chi connectivity index (χ3n) is 5.43. The Kier molecular flexibility index (Phi) is 6.15. The minimum absolute atomic E-state index is 0.128. The molecule has 158 valence electrons. The molecular formula is C22H30N2O5. The summed E-state index contributed by atoms with van der Waals surface area (Å²) in [7, 11) is 1.35. The third-order valence-corrected chi connectivity index (χ3v) is 5.43. The molecule has 0 aliphatic carbocycles. The Bertz CT molecular complexity index is 786. The highest BCUT2D eigenvalue weighted by Crippen LogP contribution is 2.29. The van der Waals surface area contributed by atoms with E-state index in [0.29, 0.717) is 25.9 Å². The van der Waals surface area contributed by atoms with E-state index in [-0.39, 0.29) is 24.3 Å². The van der Waals surface area contributed by atoms with E-state index in [1.54, 1.807) is 4.90 Å². The summed E-state index contributed by atoms with van der Waals surface area (Å²) in [5.74, 6) is -0.473. The average molecular weight is 402 g/mol. The minimum atomic E-state index is -0.620. The van der Waals surface area contributed by atoms with Crippen molar-refractivity contribution in [3.8, 4) is 0 Å². The summed E-state index contributed by atoms with van der Waals surface area (Å²) >= 11 is 0. The molecule has 0 unspecified atom stereocenters. The van der Waals surface area contributed by atoms with Crippen LogP contribution < -0.4 is 0 Å². The largest absolute Gasteiger partial charge is 0.469 e. The average Bonchev–Trinajstić information content (AvgIpc) is 3.15. The maximum Gasteiger partial charge on any atom is 0.410 e. The Morgan fingerprint density at radius 1 is 1.10 bits per heavy atom. The fraction of sp³-hybridized carbons (Fsp3) is 0.591. The maximum atomic E-state index is 13.5. The van der Waals surface area contributed by atoms with Crippen LogP contribution in [-0.4, -0.2) is 59.1 Å². The number of amides is 2. The molecule has 1 saturated heterocycles. The van der Waals surface area contributed by atoms with Crippen molar-refractivity contribution in [1.82, 2.24) is 9.80 Å². The van der Waals surface area contributed by atoms with Crippen molar-refractivity contribution < 1.29 is 23.9 Å². The number of carbonyl (C=O) groups excluding carboxylic acids is 3. The second-order valence-electron chi connectivity index (χ2n) is 8.70. The van der Waals surface area contributed by atoms with Gasteiger partial charge in [0.05, 0.1) is 13.5 Å². The monoisotopic (exact) mass is 402 g/mol. The number of methoxy groups -OCH3 is 1. The highest BCUT2D eigenvalue weighted by molar-refractivity contribution is 5.87. The topological polar surface area (TPSA) is 76.2 Å². The number of rotatable bonds is 3. The van der Waals surface area contributed by atoms with Crippen LogP contribution in [0, 0.1) is 0 Å². The molecule has 0 saturated carbocycles. The summed E-state index contributed by atoms with van der Waals surface area (Å²) in [6.07, 6.45) is 1.62. The number of nitrogens with zero attached hydrogens (tertiary/aromatic N) is 2. The second kappa shape index (κ2) is 8.43. The van der Waals surface area contributed by atoms with E-state index in [0.717, 1.165) is 17.5 Å². The highest BCUT2D eigenvalue weighted by atomic mass is 16.6. The fourth-order valence-electron chi connectivity index (χ4n) is 4.06. The zero-order valence-electron chi connectivity index (χ0n) is 17.6. The second-order valence-corrected chi connectivity index (χ2v) is 8.70. The first-order chi connectivity index (χ1) is 13.7. The Morgan fingerprint density at radius 2 is 1.79 bits per heavy atom. The summed E-state index contributed by atoms with van der Waals surface area (Å²) in [4.78, 5) is 41.4. The molecule has 0 radical (unpaired) electrons. The van der Waals surface area contributed by atoms with Gasteiger partial charge >= 0.3 is 12.1 Å². The molecule has 0 spiro atoms. The van der Waals surface area contributed by atoms with Crippen molar-refractivity contribution in [3.05, 3.63) is 35.4 Å². The Morgan fingerprint density at radius 3 is 2.45 bits per heavy atom. The smallest absolute Gasteiger partial charge is 0.410 e. The SMILES string of the molecule is COC(=O)C[C@H]1Cc2ccccc2CN1C(=O)[C@H]1CCCN1C(=O)OC(C)(C)C. The van der Waals surface area contributed by atoms with E-state index in [4.69, 9.17) is 9.47 Å². The lowest BCUT2D eigenvalue weighted by Crippen LogP contribution is -2.53. The number of carbonyl (C=O) groups is 3. The Labute approximate surface area is 171 Å². The molecule has 1 aromatic rings. The molecule has 0 bridgehead atoms. The highest BCUT2D eigenvalue weighted by Gasteiger charge is 2.41. The van der Waals surface area contributed by atoms with Gasteiger partial charge in [-0.2, -0.15) is 0 Å². The number of ether oxygens (including phenoxy) is 2. The van der Waals surface area contributed by atoms with E-state index >= 15 is 0 Å². The van der Waals surface area contributed by atoms with Crippen molar-refractivity contribution in [2.75, 3.05) is 13.7 Å². The van der Waals surface area contributed by atoms with Gasteiger partial charge in [-0.1, -0.05) is 24.3 Å².